The van der Waals surface area contributed by atoms with Crippen LogP contribution in [0.25, 0.3) is 10.2 Å². The molecule has 2 saturated heterocycles. The zero-order valence-electron chi connectivity index (χ0n) is 21.3. The molecule has 37 heavy (non-hydrogen) atoms. The van der Waals surface area contributed by atoms with E-state index in [9.17, 15) is 13.2 Å². The number of amides is 1. The fourth-order valence-electron chi connectivity index (χ4n) is 4.81. The van der Waals surface area contributed by atoms with Crippen LogP contribution in [-0.4, -0.2) is 94.1 Å². The van der Waals surface area contributed by atoms with Gasteiger partial charge in [0, 0.05) is 57.9 Å². The molecule has 2 aromatic carbocycles. The molecule has 0 bridgehead atoms. The van der Waals surface area contributed by atoms with Crippen LogP contribution in [-0.2, 0) is 14.8 Å². The normalized spacial score (nSPS) is 17.8. The highest BCUT2D eigenvalue weighted by Gasteiger charge is 2.26. The van der Waals surface area contributed by atoms with Crippen molar-refractivity contribution in [3.63, 3.8) is 0 Å². The molecule has 0 spiro atoms. The maximum absolute atomic E-state index is 12.8. The van der Waals surface area contributed by atoms with Crippen molar-refractivity contribution in [1.29, 1.82) is 0 Å². The smallest absolute Gasteiger partial charge is 0.251 e. The summed E-state index contributed by atoms with van der Waals surface area (Å²) in [5, 5.41) is 4.04. The number of carbonyl (C=O) groups excluding carboxylic acids is 1. The highest BCUT2D eigenvalue weighted by Crippen LogP contribution is 2.32. The van der Waals surface area contributed by atoms with E-state index in [2.05, 4.69) is 41.1 Å². The molecule has 0 atom stereocenters. The van der Waals surface area contributed by atoms with Crippen LogP contribution in [0.2, 0.25) is 0 Å². The monoisotopic (exact) mass is 543 g/mol. The molecule has 0 saturated carbocycles. The number of anilines is 1. The molecule has 2 aliphatic heterocycles. The number of ether oxygens (including phenoxy) is 1. The minimum atomic E-state index is -3.57. The van der Waals surface area contributed by atoms with Crippen LogP contribution in [0.5, 0.6) is 0 Å². The van der Waals surface area contributed by atoms with Gasteiger partial charge in [0.25, 0.3) is 5.91 Å². The molecular formula is C26H33N5O4S2. The number of nitrogens with one attached hydrogen (secondary N) is 1. The largest absolute Gasteiger partial charge is 0.379 e. The molecule has 1 N–H and O–H groups in total. The summed E-state index contributed by atoms with van der Waals surface area (Å²) in [5.74, 6) is -0.200. The topological polar surface area (TPSA) is 95.1 Å². The summed E-state index contributed by atoms with van der Waals surface area (Å²) in [7, 11) is -3.57. The maximum Gasteiger partial charge on any atom is 0.251 e. The predicted molar refractivity (Wildman–Crippen MR) is 146 cm³/mol. The Morgan fingerprint density at radius 3 is 2.43 bits per heavy atom. The van der Waals surface area contributed by atoms with Crippen molar-refractivity contribution in [2.45, 2.75) is 18.7 Å². The summed E-state index contributed by atoms with van der Waals surface area (Å²) in [6, 6.07) is 10.5. The van der Waals surface area contributed by atoms with Gasteiger partial charge in [-0.3, -0.25) is 9.69 Å². The molecular weight excluding hydrogens is 510 g/mol. The van der Waals surface area contributed by atoms with Crippen LogP contribution in [0.15, 0.2) is 41.3 Å². The number of morpholine rings is 1. The number of fused-ring (bicyclic) bond motifs is 1. The maximum atomic E-state index is 12.8. The van der Waals surface area contributed by atoms with Crippen LogP contribution < -0.4 is 10.2 Å². The van der Waals surface area contributed by atoms with Crippen LogP contribution in [0.4, 0.5) is 5.13 Å². The second-order valence-electron chi connectivity index (χ2n) is 9.55. The number of rotatable bonds is 7. The quantitative estimate of drug-likeness (QED) is 0.489. The third-order valence-electron chi connectivity index (χ3n) is 6.89. The Morgan fingerprint density at radius 1 is 1.03 bits per heavy atom. The van der Waals surface area contributed by atoms with E-state index in [0.29, 0.717) is 38.4 Å². The van der Waals surface area contributed by atoms with Gasteiger partial charge in [-0.2, -0.15) is 4.31 Å². The zero-order chi connectivity index (χ0) is 26.0. The summed E-state index contributed by atoms with van der Waals surface area (Å²) in [6.45, 7) is 10.7. The van der Waals surface area contributed by atoms with Gasteiger partial charge in [-0.15, -0.1) is 0 Å². The number of benzene rings is 2. The minimum Gasteiger partial charge on any atom is -0.379 e. The van der Waals surface area contributed by atoms with Gasteiger partial charge in [-0.1, -0.05) is 17.4 Å². The third-order valence-corrected chi connectivity index (χ3v) is 10.1. The van der Waals surface area contributed by atoms with Crippen molar-refractivity contribution >= 4 is 42.6 Å². The number of nitrogens with zero attached hydrogens (tertiary/aromatic N) is 4. The Balaban J connectivity index is 1.09. The van der Waals surface area contributed by atoms with Gasteiger partial charge in [0.15, 0.2) is 5.13 Å². The molecule has 5 rings (SSSR count). The molecule has 9 nitrogen and oxygen atoms in total. The molecule has 1 aromatic heterocycles. The first-order valence-electron chi connectivity index (χ1n) is 12.6. The molecule has 3 aromatic rings. The first kappa shape index (κ1) is 26.1. The molecule has 1 amide bonds. The number of aryl methyl sites for hydroxylation is 2. The lowest BCUT2D eigenvalue weighted by Gasteiger charge is -2.34. The van der Waals surface area contributed by atoms with Crippen molar-refractivity contribution in [2.75, 3.05) is 70.5 Å². The van der Waals surface area contributed by atoms with Crippen molar-refractivity contribution in [2.24, 2.45) is 0 Å². The van der Waals surface area contributed by atoms with E-state index >= 15 is 0 Å². The lowest BCUT2D eigenvalue weighted by molar-refractivity contribution is 0.0730. The summed E-state index contributed by atoms with van der Waals surface area (Å²) in [4.78, 5) is 22.4. The predicted octanol–water partition coefficient (Wildman–Crippen LogP) is 2.49. The van der Waals surface area contributed by atoms with Crippen LogP contribution >= 0.6 is 11.3 Å². The zero-order valence-corrected chi connectivity index (χ0v) is 22.9. The molecule has 3 heterocycles. The summed E-state index contributed by atoms with van der Waals surface area (Å²) < 4.78 is 33.4. The Kier molecular flexibility index (Phi) is 7.77. The van der Waals surface area contributed by atoms with Gasteiger partial charge in [-0.25, -0.2) is 13.4 Å². The summed E-state index contributed by atoms with van der Waals surface area (Å²) >= 11 is 1.76. The first-order valence-corrected chi connectivity index (χ1v) is 14.9. The number of piperazine rings is 1. The Hall–Kier alpha value is -2.57. The van der Waals surface area contributed by atoms with Crippen molar-refractivity contribution < 1.29 is 17.9 Å². The number of sulfonamides is 1. The fourth-order valence-corrected chi connectivity index (χ4v) is 7.28. The number of hydrogen-bond acceptors (Lipinski definition) is 8. The van der Waals surface area contributed by atoms with E-state index in [0.717, 1.165) is 43.4 Å². The average Bonchev–Trinajstić information content (AvgIpc) is 3.34. The second-order valence-corrected chi connectivity index (χ2v) is 12.5. The molecule has 2 fully saturated rings. The van der Waals surface area contributed by atoms with Crippen molar-refractivity contribution in [3.8, 4) is 0 Å². The molecule has 2 aliphatic rings. The number of hydrogen-bond donors (Lipinski definition) is 1. The Bertz CT molecular complexity index is 1360. The molecule has 0 radical (unpaired) electrons. The molecule has 198 valence electrons. The highest BCUT2D eigenvalue weighted by atomic mass is 32.2. The minimum absolute atomic E-state index is 0.197. The van der Waals surface area contributed by atoms with Crippen LogP contribution in [0.3, 0.4) is 0 Å². The van der Waals surface area contributed by atoms with Gasteiger partial charge >= 0.3 is 0 Å². The van der Waals surface area contributed by atoms with Gasteiger partial charge in [-0.05, 0) is 55.3 Å². The average molecular weight is 544 g/mol. The van der Waals surface area contributed by atoms with E-state index in [1.165, 1.54) is 32.3 Å². The Labute approximate surface area is 222 Å². The van der Waals surface area contributed by atoms with E-state index < -0.39 is 10.0 Å². The van der Waals surface area contributed by atoms with Gasteiger partial charge in [0.2, 0.25) is 10.0 Å². The number of thiazole rings is 1. The van der Waals surface area contributed by atoms with Gasteiger partial charge in [0.05, 0.1) is 28.3 Å². The van der Waals surface area contributed by atoms with E-state index in [4.69, 9.17) is 9.72 Å². The first-order chi connectivity index (χ1) is 17.8. The van der Waals surface area contributed by atoms with Gasteiger partial charge in [0.1, 0.15) is 0 Å². The highest BCUT2D eigenvalue weighted by molar-refractivity contribution is 7.89. The molecule has 0 unspecified atom stereocenters. The Morgan fingerprint density at radius 2 is 1.73 bits per heavy atom. The fraction of sp³-hybridized carbons (Fsp3) is 0.462. The summed E-state index contributed by atoms with van der Waals surface area (Å²) in [5.41, 5.74) is 4.05. The van der Waals surface area contributed by atoms with Crippen molar-refractivity contribution in [3.05, 3.63) is 53.1 Å². The van der Waals surface area contributed by atoms with Crippen LogP contribution in [0, 0.1) is 13.8 Å². The number of aromatic nitrogens is 1. The second kappa shape index (κ2) is 11.0. The van der Waals surface area contributed by atoms with Crippen molar-refractivity contribution in [1.82, 2.24) is 19.5 Å². The van der Waals surface area contributed by atoms with Crippen LogP contribution in [0.1, 0.15) is 21.5 Å². The SMILES string of the molecule is Cc1cc(C)c2sc(N3CCN(CCNC(=O)c4ccc(S(=O)(=O)N5CCOCC5)cc4)CC3)nc2c1. The van der Waals surface area contributed by atoms with E-state index in [1.807, 2.05) is 0 Å². The number of carbonyl (C=O) groups is 1. The van der Waals surface area contributed by atoms with Gasteiger partial charge < -0.3 is 15.0 Å². The lowest BCUT2D eigenvalue weighted by atomic mass is 10.1. The summed E-state index contributed by atoms with van der Waals surface area (Å²) in [6.07, 6.45) is 0. The lowest BCUT2D eigenvalue weighted by Crippen LogP contribution is -2.48. The van der Waals surface area contributed by atoms with E-state index in [-0.39, 0.29) is 10.8 Å². The standard InChI is InChI=1S/C26H33N5O4S2/c1-19-17-20(2)24-23(18-19)28-26(36-24)30-11-9-29(10-12-30)8-7-27-25(32)21-3-5-22(6-4-21)37(33,34)31-13-15-35-16-14-31/h3-6,17-18H,7-16H2,1-2H3,(H,27,32). The molecule has 0 aliphatic carbocycles. The molecule has 11 heteroatoms. The third kappa shape index (κ3) is 5.80. The van der Waals surface area contributed by atoms with E-state index in [1.54, 1.807) is 23.5 Å².